The van der Waals surface area contributed by atoms with Crippen LogP contribution in [0.15, 0.2) is 42.5 Å². The molecule has 0 fully saturated rings. The molecule has 0 radical (unpaired) electrons. The number of nitrogens with one attached hydrogen (secondary N) is 1. The van der Waals surface area contributed by atoms with Crippen LogP contribution in [0.2, 0.25) is 15.1 Å². The quantitative estimate of drug-likeness (QED) is 0.537. The van der Waals surface area contributed by atoms with Crippen LogP contribution in [-0.2, 0) is 20.6 Å². The Morgan fingerprint density at radius 3 is 2.36 bits per heavy atom. The molecular formula is C18H19Cl3N2O3S2. The van der Waals surface area contributed by atoms with Crippen LogP contribution in [-0.4, -0.2) is 39.4 Å². The van der Waals surface area contributed by atoms with Gasteiger partial charge in [0.1, 0.15) is 6.54 Å². The predicted octanol–water partition coefficient (Wildman–Crippen LogP) is 4.46. The first-order chi connectivity index (χ1) is 13.1. The van der Waals surface area contributed by atoms with E-state index in [0.29, 0.717) is 17.3 Å². The molecule has 0 aliphatic rings. The minimum atomic E-state index is -3.68. The van der Waals surface area contributed by atoms with Crippen LogP contribution in [0.25, 0.3) is 0 Å². The highest BCUT2D eigenvalue weighted by Gasteiger charge is 2.21. The second kappa shape index (κ2) is 10.6. The Kier molecular flexibility index (Phi) is 8.77. The van der Waals surface area contributed by atoms with Gasteiger partial charge in [0.25, 0.3) is 0 Å². The van der Waals surface area contributed by atoms with Crippen LogP contribution in [0, 0.1) is 0 Å². The molecule has 0 aromatic heterocycles. The minimum Gasteiger partial charge on any atom is -0.354 e. The first-order valence-electron chi connectivity index (χ1n) is 8.18. The maximum atomic E-state index is 12.2. The maximum absolute atomic E-state index is 12.2. The normalized spacial score (nSPS) is 11.3. The zero-order valence-electron chi connectivity index (χ0n) is 15.0. The van der Waals surface area contributed by atoms with Crippen LogP contribution in [0.5, 0.6) is 0 Å². The summed E-state index contributed by atoms with van der Waals surface area (Å²) in [5, 5.41) is 3.98. The fourth-order valence-corrected chi connectivity index (χ4v) is 4.72. The van der Waals surface area contributed by atoms with Crippen molar-refractivity contribution in [1.29, 1.82) is 0 Å². The van der Waals surface area contributed by atoms with Crippen molar-refractivity contribution in [2.75, 3.05) is 29.4 Å². The van der Waals surface area contributed by atoms with Gasteiger partial charge in [-0.2, -0.15) is 11.8 Å². The van der Waals surface area contributed by atoms with Gasteiger partial charge >= 0.3 is 0 Å². The van der Waals surface area contributed by atoms with Crippen molar-refractivity contribution < 1.29 is 13.2 Å². The number of anilines is 1. The molecule has 0 spiro atoms. The number of benzene rings is 2. The lowest BCUT2D eigenvalue weighted by molar-refractivity contribution is -0.119. The standard InChI is InChI=1S/C18H19Cl3N2O3S2/c1-28(25,26)23(17-9-15(20)8-16(21)10-17)11-18(24)22-5-6-27-12-13-3-2-4-14(19)7-13/h2-4,7-10H,5-6,11-12H2,1H3,(H,22,24). The minimum absolute atomic E-state index is 0.241. The summed E-state index contributed by atoms with van der Waals surface area (Å²) < 4.78 is 25.2. The number of nitrogens with zero attached hydrogens (tertiary/aromatic N) is 1. The lowest BCUT2D eigenvalue weighted by Crippen LogP contribution is -2.41. The molecule has 28 heavy (non-hydrogen) atoms. The molecule has 0 atom stereocenters. The van der Waals surface area contributed by atoms with Crippen molar-refractivity contribution in [3.8, 4) is 0 Å². The predicted molar refractivity (Wildman–Crippen MR) is 119 cm³/mol. The zero-order chi connectivity index (χ0) is 20.7. The highest BCUT2D eigenvalue weighted by atomic mass is 35.5. The summed E-state index contributed by atoms with van der Waals surface area (Å²) in [4.78, 5) is 12.2. The Balaban J connectivity index is 1.86. The molecule has 1 N–H and O–H groups in total. The van der Waals surface area contributed by atoms with Gasteiger partial charge < -0.3 is 5.32 Å². The SMILES string of the molecule is CS(=O)(=O)N(CC(=O)NCCSCc1cccc(Cl)c1)c1cc(Cl)cc(Cl)c1. The number of hydrogen-bond acceptors (Lipinski definition) is 4. The summed E-state index contributed by atoms with van der Waals surface area (Å²) >= 11 is 19.5. The number of carbonyl (C=O) groups is 1. The average Bonchev–Trinajstić information content (AvgIpc) is 2.57. The summed E-state index contributed by atoms with van der Waals surface area (Å²) in [6, 6.07) is 12.0. The summed E-state index contributed by atoms with van der Waals surface area (Å²) in [6.45, 7) is 0.0619. The summed E-state index contributed by atoms with van der Waals surface area (Å²) in [7, 11) is -3.68. The molecule has 152 valence electrons. The van der Waals surface area contributed by atoms with Crippen molar-refractivity contribution in [3.05, 3.63) is 63.1 Å². The van der Waals surface area contributed by atoms with E-state index in [1.165, 1.54) is 18.2 Å². The topological polar surface area (TPSA) is 66.5 Å². The molecule has 0 unspecified atom stereocenters. The van der Waals surface area contributed by atoms with E-state index in [4.69, 9.17) is 34.8 Å². The van der Waals surface area contributed by atoms with Gasteiger partial charge in [-0.25, -0.2) is 8.42 Å². The zero-order valence-corrected chi connectivity index (χ0v) is 18.9. The smallest absolute Gasteiger partial charge is 0.240 e. The van der Waals surface area contributed by atoms with Gasteiger partial charge in [-0.15, -0.1) is 0 Å². The summed E-state index contributed by atoms with van der Waals surface area (Å²) in [5.74, 6) is 1.04. The number of halogens is 3. The number of hydrogen-bond donors (Lipinski definition) is 1. The lowest BCUT2D eigenvalue weighted by atomic mass is 10.2. The van der Waals surface area contributed by atoms with Gasteiger partial charge in [-0.1, -0.05) is 46.9 Å². The van der Waals surface area contributed by atoms with E-state index in [9.17, 15) is 13.2 Å². The van der Waals surface area contributed by atoms with Gasteiger partial charge in [0, 0.05) is 33.1 Å². The number of rotatable bonds is 9. The Hall–Kier alpha value is -1.12. The highest BCUT2D eigenvalue weighted by Crippen LogP contribution is 2.26. The number of thioether (sulfide) groups is 1. The van der Waals surface area contributed by atoms with Crippen molar-refractivity contribution >= 4 is 68.2 Å². The molecule has 2 aromatic rings. The molecule has 0 heterocycles. The van der Waals surface area contributed by atoms with E-state index in [1.807, 2.05) is 24.3 Å². The van der Waals surface area contributed by atoms with Crippen LogP contribution < -0.4 is 9.62 Å². The van der Waals surface area contributed by atoms with Crippen molar-refractivity contribution in [1.82, 2.24) is 5.32 Å². The number of carbonyl (C=O) groups excluding carboxylic acids is 1. The van der Waals surface area contributed by atoms with E-state index >= 15 is 0 Å². The van der Waals surface area contributed by atoms with Crippen molar-refractivity contribution in [2.45, 2.75) is 5.75 Å². The summed E-state index contributed by atoms with van der Waals surface area (Å²) in [6.07, 6.45) is 1.02. The molecular weight excluding hydrogens is 463 g/mol. The average molecular weight is 482 g/mol. The third kappa shape index (κ3) is 7.72. The van der Waals surface area contributed by atoms with E-state index in [-0.39, 0.29) is 22.3 Å². The molecule has 2 rings (SSSR count). The third-order valence-electron chi connectivity index (χ3n) is 3.55. The second-order valence-corrected chi connectivity index (χ2v) is 10.3. The first-order valence-corrected chi connectivity index (χ1v) is 12.3. The Morgan fingerprint density at radius 1 is 1.07 bits per heavy atom. The highest BCUT2D eigenvalue weighted by molar-refractivity contribution is 7.98. The van der Waals surface area contributed by atoms with Crippen molar-refractivity contribution in [3.63, 3.8) is 0 Å². The molecule has 0 aliphatic heterocycles. The molecule has 1 amide bonds. The molecule has 2 aromatic carbocycles. The lowest BCUT2D eigenvalue weighted by Gasteiger charge is -2.22. The second-order valence-electron chi connectivity index (χ2n) is 5.93. The molecule has 0 bridgehead atoms. The maximum Gasteiger partial charge on any atom is 0.240 e. The number of amides is 1. The van der Waals surface area contributed by atoms with E-state index in [0.717, 1.165) is 21.9 Å². The van der Waals surface area contributed by atoms with Crippen molar-refractivity contribution in [2.24, 2.45) is 0 Å². The van der Waals surface area contributed by atoms with E-state index < -0.39 is 15.9 Å². The van der Waals surface area contributed by atoms with Crippen LogP contribution >= 0.6 is 46.6 Å². The Labute approximate surface area is 184 Å². The van der Waals surface area contributed by atoms with Gasteiger partial charge in [0.05, 0.1) is 11.9 Å². The van der Waals surface area contributed by atoms with Gasteiger partial charge in [0.15, 0.2) is 0 Å². The van der Waals surface area contributed by atoms with Crippen LogP contribution in [0.3, 0.4) is 0 Å². The largest absolute Gasteiger partial charge is 0.354 e. The van der Waals surface area contributed by atoms with Crippen LogP contribution in [0.4, 0.5) is 5.69 Å². The Bertz CT molecular complexity index is 919. The Morgan fingerprint density at radius 2 is 1.75 bits per heavy atom. The fraction of sp³-hybridized carbons (Fsp3) is 0.278. The van der Waals surface area contributed by atoms with Gasteiger partial charge in [-0.3, -0.25) is 9.10 Å². The van der Waals surface area contributed by atoms with Gasteiger partial charge in [-0.05, 0) is 35.9 Å². The molecule has 0 saturated heterocycles. The molecule has 0 saturated carbocycles. The first kappa shape index (κ1) is 23.2. The molecule has 0 aliphatic carbocycles. The fourth-order valence-electron chi connectivity index (χ4n) is 2.35. The number of sulfonamides is 1. The van der Waals surface area contributed by atoms with E-state index in [2.05, 4.69) is 5.32 Å². The van der Waals surface area contributed by atoms with Crippen LogP contribution in [0.1, 0.15) is 5.56 Å². The monoisotopic (exact) mass is 480 g/mol. The molecule has 5 nitrogen and oxygen atoms in total. The van der Waals surface area contributed by atoms with E-state index in [1.54, 1.807) is 11.8 Å². The summed E-state index contributed by atoms with van der Waals surface area (Å²) in [5.41, 5.74) is 1.34. The third-order valence-corrected chi connectivity index (χ3v) is 6.39. The molecule has 10 heteroatoms. The van der Waals surface area contributed by atoms with Gasteiger partial charge in [0.2, 0.25) is 15.9 Å².